The number of aromatic nitrogens is 1. The number of aryl methyl sites for hydroxylation is 1. The number of benzene rings is 2. The van der Waals surface area contributed by atoms with Crippen LogP contribution in [-0.2, 0) is 29.6 Å². The zero-order chi connectivity index (χ0) is 22.7. The third-order valence-corrected chi connectivity index (χ3v) is 6.51. The number of carbonyl (C=O) groups excluding carboxylic acids is 2. The van der Waals surface area contributed by atoms with Crippen molar-refractivity contribution in [3.05, 3.63) is 88.2 Å². The molecule has 0 bridgehead atoms. The number of hydrogen-bond acceptors (Lipinski definition) is 3. The van der Waals surface area contributed by atoms with E-state index >= 15 is 0 Å². The average molecular weight is 451 g/mol. The fourth-order valence-electron chi connectivity index (χ4n) is 4.22. The van der Waals surface area contributed by atoms with Crippen LogP contribution in [0.2, 0.25) is 5.02 Å². The number of rotatable bonds is 5. The first kappa shape index (κ1) is 22.1. The topological polar surface area (TPSA) is 66.4 Å². The normalized spacial score (nSPS) is 14.5. The summed E-state index contributed by atoms with van der Waals surface area (Å²) in [6.07, 6.45) is 2.95. The van der Waals surface area contributed by atoms with E-state index in [1.807, 2.05) is 19.3 Å². The Morgan fingerprint density at radius 3 is 2.56 bits per heavy atom. The van der Waals surface area contributed by atoms with E-state index < -0.39 is 11.8 Å². The van der Waals surface area contributed by atoms with Crippen LogP contribution < -0.4 is 10.6 Å². The number of amides is 2. The Kier molecular flexibility index (Phi) is 6.63. The van der Waals surface area contributed by atoms with Gasteiger partial charge in [-0.3, -0.25) is 14.5 Å². The third-order valence-electron chi connectivity index (χ3n) is 6.10. The van der Waals surface area contributed by atoms with Crippen LogP contribution in [0.15, 0.2) is 60.8 Å². The number of hydrogen-bond donors (Lipinski definition) is 2. The van der Waals surface area contributed by atoms with Gasteiger partial charge in [0.05, 0.1) is 6.04 Å². The van der Waals surface area contributed by atoms with Gasteiger partial charge in [0.2, 0.25) is 0 Å². The molecule has 7 heteroatoms. The van der Waals surface area contributed by atoms with Gasteiger partial charge in [0.25, 0.3) is 0 Å². The van der Waals surface area contributed by atoms with Crippen molar-refractivity contribution in [1.29, 1.82) is 0 Å². The van der Waals surface area contributed by atoms with E-state index in [0.717, 1.165) is 30.8 Å². The maximum Gasteiger partial charge on any atom is 0.313 e. The Balaban J connectivity index is 1.46. The summed E-state index contributed by atoms with van der Waals surface area (Å²) >= 11 is 6.11. The van der Waals surface area contributed by atoms with Crippen molar-refractivity contribution in [2.45, 2.75) is 25.9 Å². The summed E-state index contributed by atoms with van der Waals surface area (Å²) in [5.74, 6) is -1.37. The fraction of sp³-hybridized carbons (Fsp3) is 0.280. The molecule has 2 heterocycles. The van der Waals surface area contributed by atoms with E-state index in [9.17, 15) is 9.59 Å². The highest BCUT2D eigenvalue weighted by Gasteiger charge is 2.27. The number of nitrogens with one attached hydrogen (secondary N) is 2. The van der Waals surface area contributed by atoms with Crippen molar-refractivity contribution in [2.24, 2.45) is 7.05 Å². The lowest BCUT2D eigenvalue weighted by atomic mass is 9.98. The predicted octanol–water partition coefficient (Wildman–Crippen LogP) is 3.84. The highest BCUT2D eigenvalue weighted by Crippen LogP contribution is 2.28. The molecule has 2 N–H and O–H groups in total. The molecule has 2 amide bonds. The molecule has 6 nitrogen and oxygen atoms in total. The summed E-state index contributed by atoms with van der Waals surface area (Å²) in [6.45, 7) is 3.82. The summed E-state index contributed by atoms with van der Waals surface area (Å²) in [5, 5.41) is 6.03. The van der Waals surface area contributed by atoms with E-state index in [-0.39, 0.29) is 6.04 Å². The summed E-state index contributed by atoms with van der Waals surface area (Å²) in [7, 11) is 2.00. The van der Waals surface area contributed by atoms with Crippen LogP contribution in [0, 0.1) is 6.92 Å². The predicted molar refractivity (Wildman–Crippen MR) is 127 cm³/mol. The van der Waals surface area contributed by atoms with Crippen LogP contribution in [0.25, 0.3) is 0 Å². The number of fused-ring (bicyclic) bond motifs is 1. The van der Waals surface area contributed by atoms with Crippen molar-refractivity contribution in [3.63, 3.8) is 0 Å². The molecule has 1 aliphatic heterocycles. The van der Waals surface area contributed by atoms with Crippen molar-refractivity contribution in [2.75, 3.05) is 18.4 Å². The lowest BCUT2D eigenvalue weighted by Crippen LogP contribution is -2.44. The zero-order valence-electron chi connectivity index (χ0n) is 18.3. The lowest BCUT2D eigenvalue weighted by molar-refractivity contribution is -0.136. The highest BCUT2D eigenvalue weighted by molar-refractivity contribution is 6.40. The lowest BCUT2D eigenvalue weighted by Gasteiger charge is -2.36. The van der Waals surface area contributed by atoms with Crippen LogP contribution in [0.4, 0.5) is 5.69 Å². The monoisotopic (exact) mass is 450 g/mol. The molecule has 166 valence electrons. The zero-order valence-corrected chi connectivity index (χ0v) is 19.0. The number of halogens is 1. The molecule has 0 radical (unpaired) electrons. The van der Waals surface area contributed by atoms with E-state index in [4.69, 9.17) is 11.6 Å². The van der Waals surface area contributed by atoms with E-state index in [0.29, 0.717) is 17.3 Å². The van der Waals surface area contributed by atoms with Crippen LogP contribution in [0.5, 0.6) is 0 Å². The summed E-state index contributed by atoms with van der Waals surface area (Å²) in [4.78, 5) is 27.5. The van der Waals surface area contributed by atoms with Crippen LogP contribution in [-0.4, -0.2) is 34.4 Å². The minimum absolute atomic E-state index is 0.0481. The van der Waals surface area contributed by atoms with Gasteiger partial charge < -0.3 is 15.2 Å². The molecule has 0 fully saturated rings. The first-order valence-corrected chi connectivity index (χ1v) is 11.1. The Bertz CT molecular complexity index is 1140. The second-order valence-corrected chi connectivity index (χ2v) is 8.53. The molecule has 0 saturated carbocycles. The fourth-order valence-corrected chi connectivity index (χ4v) is 4.39. The van der Waals surface area contributed by atoms with Gasteiger partial charge in [-0.05, 0) is 54.3 Å². The van der Waals surface area contributed by atoms with Gasteiger partial charge in [0.1, 0.15) is 0 Å². The molecule has 1 unspecified atom stereocenters. The van der Waals surface area contributed by atoms with Gasteiger partial charge in [-0.15, -0.1) is 0 Å². The highest BCUT2D eigenvalue weighted by atomic mass is 35.5. The summed E-state index contributed by atoms with van der Waals surface area (Å²) in [5.41, 5.74) is 5.03. The average Bonchev–Trinajstić information content (AvgIpc) is 3.22. The second kappa shape index (κ2) is 9.59. The van der Waals surface area contributed by atoms with Crippen LogP contribution in [0.3, 0.4) is 0 Å². The van der Waals surface area contributed by atoms with E-state index in [1.165, 1.54) is 11.1 Å². The molecule has 1 aromatic heterocycles. The standard InChI is InChI=1S/C25H27ClN4O2/c1-17-20(26)9-5-10-21(17)28-25(32)24(31)27-15-23(22-11-6-13-29(22)2)30-14-12-18-7-3-4-8-19(18)16-30/h3-11,13,23H,12,14-16H2,1-2H3,(H,27,31)(H,28,32). The van der Waals surface area contributed by atoms with Gasteiger partial charge in [0, 0.05) is 49.3 Å². The third kappa shape index (κ3) is 4.71. The Hall–Kier alpha value is -3.09. The van der Waals surface area contributed by atoms with Gasteiger partial charge in [-0.1, -0.05) is 41.9 Å². The number of nitrogens with zero attached hydrogens (tertiary/aromatic N) is 2. The largest absolute Gasteiger partial charge is 0.353 e. The molecule has 2 aromatic carbocycles. The number of anilines is 1. The maximum atomic E-state index is 12.6. The molecule has 1 aliphatic rings. The van der Waals surface area contributed by atoms with Crippen LogP contribution >= 0.6 is 11.6 Å². The molecule has 0 spiro atoms. The molecule has 4 rings (SSSR count). The smallest absolute Gasteiger partial charge is 0.313 e. The second-order valence-electron chi connectivity index (χ2n) is 8.13. The molecular weight excluding hydrogens is 424 g/mol. The van der Waals surface area contributed by atoms with Gasteiger partial charge in [0.15, 0.2) is 0 Å². The van der Waals surface area contributed by atoms with Gasteiger partial charge in [-0.2, -0.15) is 0 Å². The summed E-state index contributed by atoms with van der Waals surface area (Å²) < 4.78 is 2.06. The molecule has 32 heavy (non-hydrogen) atoms. The minimum atomic E-state index is -0.704. The van der Waals surface area contributed by atoms with Crippen molar-refractivity contribution >= 4 is 29.1 Å². The SMILES string of the molecule is Cc1c(Cl)cccc1NC(=O)C(=O)NCC(c1cccn1C)N1CCc2ccccc2C1. The molecule has 0 aliphatic carbocycles. The quantitative estimate of drug-likeness (QED) is 0.580. The van der Waals surface area contributed by atoms with E-state index in [2.05, 4.69) is 50.4 Å². The Labute approximate surface area is 193 Å². The first-order chi connectivity index (χ1) is 15.4. The van der Waals surface area contributed by atoms with Crippen molar-refractivity contribution < 1.29 is 9.59 Å². The molecule has 0 saturated heterocycles. The first-order valence-electron chi connectivity index (χ1n) is 10.7. The van der Waals surface area contributed by atoms with Crippen molar-refractivity contribution in [1.82, 2.24) is 14.8 Å². The Morgan fingerprint density at radius 2 is 1.81 bits per heavy atom. The maximum absolute atomic E-state index is 12.6. The van der Waals surface area contributed by atoms with Gasteiger partial charge >= 0.3 is 11.8 Å². The summed E-state index contributed by atoms with van der Waals surface area (Å²) in [6, 6.07) is 17.7. The Morgan fingerprint density at radius 1 is 1.03 bits per heavy atom. The number of carbonyl (C=O) groups is 2. The molecular formula is C25H27ClN4O2. The van der Waals surface area contributed by atoms with E-state index in [1.54, 1.807) is 25.1 Å². The van der Waals surface area contributed by atoms with Crippen molar-refractivity contribution in [3.8, 4) is 0 Å². The minimum Gasteiger partial charge on any atom is -0.353 e. The van der Waals surface area contributed by atoms with Crippen LogP contribution in [0.1, 0.15) is 28.4 Å². The van der Waals surface area contributed by atoms with Gasteiger partial charge in [-0.25, -0.2) is 0 Å². The molecule has 3 aromatic rings. The molecule has 1 atom stereocenters.